The average molecular weight is 486 g/mol. The van der Waals surface area contributed by atoms with Crippen molar-refractivity contribution in [1.29, 1.82) is 0 Å². The van der Waals surface area contributed by atoms with Crippen LogP contribution in [0.5, 0.6) is 0 Å². The van der Waals surface area contributed by atoms with Crippen LogP contribution in [0.3, 0.4) is 0 Å². The molecule has 3 amide bonds. The minimum Gasteiger partial charge on any atom is -0.305 e. The van der Waals surface area contributed by atoms with Gasteiger partial charge in [-0.2, -0.15) is 0 Å². The summed E-state index contributed by atoms with van der Waals surface area (Å²) in [7, 11) is 0. The van der Waals surface area contributed by atoms with E-state index in [1.54, 1.807) is 34.9 Å². The summed E-state index contributed by atoms with van der Waals surface area (Å²) in [6.45, 7) is 7.35. The summed E-state index contributed by atoms with van der Waals surface area (Å²) in [4.78, 5) is 44.4. The van der Waals surface area contributed by atoms with E-state index in [0.29, 0.717) is 22.6 Å². The van der Waals surface area contributed by atoms with Gasteiger partial charge >= 0.3 is 6.03 Å². The third-order valence-corrected chi connectivity index (χ3v) is 6.26. The molecule has 2 aromatic carbocycles. The number of thioether (sulfide) groups is 1. The van der Waals surface area contributed by atoms with Gasteiger partial charge in [-0.1, -0.05) is 49.9 Å². The second-order valence-electron chi connectivity index (χ2n) is 7.52. The number of aromatic nitrogens is 2. The van der Waals surface area contributed by atoms with Gasteiger partial charge in [-0.15, -0.1) is 0 Å². The van der Waals surface area contributed by atoms with Gasteiger partial charge in [-0.05, 0) is 50.3 Å². The largest absolute Gasteiger partial charge is 0.325 e. The van der Waals surface area contributed by atoms with E-state index in [1.807, 2.05) is 0 Å². The number of anilines is 1. The Kier molecular flexibility index (Phi) is 9.17. The molecule has 0 aliphatic rings. The van der Waals surface area contributed by atoms with Gasteiger partial charge < -0.3 is 10.2 Å². The first-order chi connectivity index (χ1) is 16.4. The van der Waals surface area contributed by atoms with Crippen molar-refractivity contribution in [2.75, 3.05) is 30.7 Å². The molecule has 10 heteroatoms. The molecule has 1 aromatic heterocycles. The minimum absolute atomic E-state index is 0.0290. The number of imide groups is 1. The van der Waals surface area contributed by atoms with Crippen molar-refractivity contribution in [1.82, 2.24) is 19.8 Å². The molecule has 0 aliphatic carbocycles. The zero-order valence-corrected chi connectivity index (χ0v) is 20.0. The molecule has 2 N–H and O–H groups in total. The van der Waals surface area contributed by atoms with Crippen LogP contribution in [-0.2, 0) is 11.3 Å². The molecule has 0 fully saturated rings. The quantitative estimate of drug-likeness (QED) is 0.336. The predicted octanol–water partition coefficient (Wildman–Crippen LogP) is 3.71. The molecule has 34 heavy (non-hydrogen) atoms. The van der Waals surface area contributed by atoms with Crippen LogP contribution in [0, 0.1) is 5.82 Å². The number of amides is 3. The summed E-state index contributed by atoms with van der Waals surface area (Å²) in [5, 5.41) is 5.40. The summed E-state index contributed by atoms with van der Waals surface area (Å²) in [5.41, 5.74) is 0.358. The predicted molar refractivity (Wildman–Crippen MR) is 133 cm³/mol. The molecule has 0 saturated heterocycles. The SMILES string of the molecule is CCN(CC)CCCn1c(SCC(=O)NC(=O)Nc2ccccc2F)nc2ccccc2c1=O. The number of para-hydroxylation sites is 2. The maximum atomic E-state index is 13.7. The third kappa shape index (κ3) is 6.64. The Labute approximate surface area is 201 Å². The van der Waals surface area contributed by atoms with Gasteiger partial charge in [0.15, 0.2) is 5.16 Å². The number of fused-ring (bicyclic) bond motifs is 1. The van der Waals surface area contributed by atoms with E-state index in [0.717, 1.165) is 37.8 Å². The van der Waals surface area contributed by atoms with Gasteiger partial charge in [0.1, 0.15) is 5.82 Å². The highest BCUT2D eigenvalue weighted by Gasteiger charge is 2.15. The Morgan fingerprint density at radius 3 is 2.53 bits per heavy atom. The number of rotatable bonds is 10. The van der Waals surface area contributed by atoms with Crippen LogP contribution in [0.25, 0.3) is 10.9 Å². The number of hydrogen-bond donors (Lipinski definition) is 2. The second-order valence-corrected chi connectivity index (χ2v) is 8.46. The molecule has 0 atom stereocenters. The average Bonchev–Trinajstić information content (AvgIpc) is 2.83. The number of carbonyl (C=O) groups excluding carboxylic acids is 2. The number of nitrogens with one attached hydrogen (secondary N) is 2. The Bertz CT molecular complexity index is 1210. The number of urea groups is 1. The van der Waals surface area contributed by atoms with Gasteiger partial charge in [-0.3, -0.25) is 19.5 Å². The van der Waals surface area contributed by atoms with Crippen LogP contribution in [0.1, 0.15) is 20.3 Å². The molecule has 1 heterocycles. The fourth-order valence-corrected chi connectivity index (χ4v) is 4.28. The van der Waals surface area contributed by atoms with Crippen LogP contribution < -0.4 is 16.2 Å². The van der Waals surface area contributed by atoms with Crippen LogP contribution in [0.4, 0.5) is 14.9 Å². The highest BCUT2D eigenvalue weighted by molar-refractivity contribution is 7.99. The molecular formula is C24H28FN5O3S. The molecule has 180 valence electrons. The molecule has 0 aliphatic heterocycles. The summed E-state index contributed by atoms with van der Waals surface area (Å²) >= 11 is 1.08. The molecule has 0 radical (unpaired) electrons. The van der Waals surface area contributed by atoms with E-state index in [2.05, 4.69) is 34.4 Å². The van der Waals surface area contributed by atoms with E-state index in [9.17, 15) is 18.8 Å². The van der Waals surface area contributed by atoms with Crippen molar-refractivity contribution in [3.63, 3.8) is 0 Å². The number of halogens is 1. The summed E-state index contributed by atoms with van der Waals surface area (Å²) in [6.07, 6.45) is 0.756. The van der Waals surface area contributed by atoms with Crippen molar-refractivity contribution in [3.8, 4) is 0 Å². The smallest absolute Gasteiger partial charge is 0.305 e. The maximum Gasteiger partial charge on any atom is 0.325 e. The lowest BCUT2D eigenvalue weighted by Gasteiger charge is -2.19. The lowest BCUT2D eigenvalue weighted by Crippen LogP contribution is -2.36. The van der Waals surface area contributed by atoms with Crippen LogP contribution >= 0.6 is 11.8 Å². The highest BCUT2D eigenvalue weighted by Crippen LogP contribution is 2.18. The molecule has 8 nitrogen and oxygen atoms in total. The lowest BCUT2D eigenvalue weighted by atomic mass is 10.2. The fraction of sp³-hybridized carbons (Fsp3) is 0.333. The van der Waals surface area contributed by atoms with E-state index in [-0.39, 0.29) is 17.0 Å². The number of benzene rings is 2. The summed E-state index contributed by atoms with van der Waals surface area (Å²) in [6, 6.07) is 11.9. The van der Waals surface area contributed by atoms with Crippen molar-refractivity contribution >= 4 is 40.3 Å². The molecule has 0 bridgehead atoms. The van der Waals surface area contributed by atoms with Crippen LogP contribution in [0.15, 0.2) is 58.5 Å². The monoisotopic (exact) mass is 485 g/mol. The van der Waals surface area contributed by atoms with Crippen LogP contribution in [-0.4, -0.2) is 51.8 Å². The van der Waals surface area contributed by atoms with Gasteiger partial charge in [0.05, 0.1) is 22.3 Å². The van der Waals surface area contributed by atoms with E-state index in [1.165, 1.54) is 18.2 Å². The normalized spacial score (nSPS) is 11.1. The summed E-state index contributed by atoms with van der Waals surface area (Å²) < 4.78 is 15.3. The Balaban J connectivity index is 1.69. The Morgan fingerprint density at radius 1 is 1.09 bits per heavy atom. The van der Waals surface area contributed by atoms with Crippen molar-refractivity contribution in [2.24, 2.45) is 0 Å². The lowest BCUT2D eigenvalue weighted by molar-refractivity contribution is -0.117. The third-order valence-electron chi connectivity index (χ3n) is 5.28. The summed E-state index contributed by atoms with van der Waals surface area (Å²) in [5.74, 6) is -1.32. The minimum atomic E-state index is -0.834. The molecular weight excluding hydrogens is 457 g/mol. The van der Waals surface area contributed by atoms with Gasteiger partial charge in [0.25, 0.3) is 5.56 Å². The van der Waals surface area contributed by atoms with Crippen molar-refractivity contribution < 1.29 is 14.0 Å². The first-order valence-electron chi connectivity index (χ1n) is 11.1. The number of nitrogens with zero attached hydrogens (tertiary/aromatic N) is 3. The molecule has 3 aromatic rings. The first-order valence-corrected chi connectivity index (χ1v) is 12.1. The van der Waals surface area contributed by atoms with Gasteiger partial charge in [0, 0.05) is 6.54 Å². The van der Waals surface area contributed by atoms with E-state index < -0.39 is 17.8 Å². The number of carbonyl (C=O) groups is 2. The zero-order chi connectivity index (χ0) is 24.5. The van der Waals surface area contributed by atoms with Crippen LogP contribution in [0.2, 0.25) is 0 Å². The number of hydrogen-bond acceptors (Lipinski definition) is 6. The first kappa shape index (κ1) is 25.4. The highest BCUT2D eigenvalue weighted by atomic mass is 32.2. The van der Waals surface area contributed by atoms with Crippen molar-refractivity contribution in [2.45, 2.75) is 32.0 Å². The maximum absolute atomic E-state index is 13.7. The Morgan fingerprint density at radius 2 is 1.79 bits per heavy atom. The Hall–Kier alpha value is -3.24. The van der Waals surface area contributed by atoms with E-state index in [4.69, 9.17) is 0 Å². The van der Waals surface area contributed by atoms with Gasteiger partial charge in [0.2, 0.25) is 5.91 Å². The molecule has 0 unspecified atom stereocenters. The fourth-order valence-electron chi connectivity index (χ4n) is 3.46. The molecule has 3 rings (SSSR count). The second kappa shape index (κ2) is 12.3. The van der Waals surface area contributed by atoms with Gasteiger partial charge in [-0.25, -0.2) is 14.2 Å². The van der Waals surface area contributed by atoms with Crippen molar-refractivity contribution in [3.05, 3.63) is 64.7 Å². The topological polar surface area (TPSA) is 96.3 Å². The standard InChI is InChI=1S/C24H28FN5O3S/c1-3-29(4-2)14-9-15-30-22(32)17-10-5-7-12-19(17)27-24(30)34-16-21(31)28-23(33)26-20-13-8-6-11-18(20)25/h5-8,10-13H,3-4,9,14-16H2,1-2H3,(H2,26,28,31,33). The van der Waals surface area contributed by atoms with E-state index >= 15 is 0 Å². The molecule has 0 spiro atoms. The molecule has 0 saturated carbocycles. The zero-order valence-electron chi connectivity index (χ0n) is 19.2.